The first-order chi connectivity index (χ1) is 35.0. The number of fused-ring (bicyclic) bond motifs is 20. The van der Waals surface area contributed by atoms with Gasteiger partial charge in [0.05, 0.1) is 0 Å². The van der Waals surface area contributed by atoms with E-state index in [1.165, 1.54) is 121 Å². The van der Waals surface area contributed by atoms with E-state index >= 15 is 0 Å². The molecule has 1 atom stereocenters. The molecule has 0 bridgehead atoms. The van der Waals surface area contributed by atoms with E-state index in [0.29, 0.717) is 0 Å². The molecule has 346 valence electrons. The molecule has 0 amide bonds. The molecule has 12 aromatic rings. The fourth-order valence-corrected chi connectivity index (χ4v) is 14.3. The Morgan fingerprint density at radius 3 is 1.62 bits per heavy atom. The first-order valence-electron chi connectivity index (χ1n) is 25.9. The number of benzene rings is 10. The normalized spacial score (nSPS) is 15.8. The Morgan fingerprint density at radius 2 is 0.903 bits per heavy atom. The third-order valence-corrected chi connectivity index (χ3v) is 17.6. The van der Waals surface area contributed by atoms with Gasteiger partial charge in [0.1, 0.15) is 22.3 Å². The van der Waals surface area contributed by atoms with Crippen molar-refractivity contribution in [3.8, 4) is 44.5 Å². The second kappa shape index (κ2) is 14.6. The molecule has 2 heteroatoms. The van der Waals surface area contributed by atoms with Crippen LogP contribution in [0.25, 0.3) is 99.2 Å². The predicted octanol–water partition coefficient (Wildman–Crippen LogP) is 18.8. The molecule has 3 aliphatic rings. The van der Waals surface area contributed by atoms with E-state index in [9.17, 15) is 0 Å². The predicted molar refractivity (Wildman–Crippen MR) is 300 cm³/mol. The SMILES string of the molecule is CC1(C)c2cc(CC(Cc3ccc4c(c3)C(C)(C)c3c5c(c6c(oc7ccccc76)c3-4)-c3ccccc3C5(C)C)c3cccc4ccccc34)ccc2-c2c1cc(-c1ccccc1)c1oc3ccccc3c21. The van der Waals surface area contributed by atoms with E-state index in [2.05, 4.69) is 230 Å². The molecule has 2 aromatic heterocycles. The summed E-state index contributed by atoms with van der Waals surface area (Å²) in [5.41, 5.74) is 25.9. The molecule has 0 fully saturated rings. The summed E-state index contributed by atoms with van der Waals surface area (Å²) >= 11 is 0. The van der Waals surface area contributed by atoms with Crippen LogP contribution in [0, 0.1) is 0 Å². The van der Waals surface area contributed by atoms with E-state index in [0.717, 1.165) is 40.7 Å². The Kier molecular flexibility index (Phi) is 8.47. The maximum Gasteiger partial charge on any atom is 0.144 e. The first-order valence-corrected chi connectivity index (χ1v) is 25.9. The Morgan fingerprint density at radius 1 is 0.375 bits per heavy atom. The summed E-state index contributed by atoms with van der Waals surface area (Å²) < 4.78 is 13.8. The Bertz CT molecular complexity index is 4300. The van der Waals surface area contributed by atoms with Gasteiger partial charge in [-0.3, -0.25) is 0 Å². The van der Waals surface area contributed by atoms with Gasteiger partial charge in [-0.2, -0.15) is 0 Å². The zero-order valence-electron chi connectivity index (χ0n) is 41.7. The van der Waals surface area contributed by atoms with Gasteiger partial charge in [0.25, 0.3) is 0 Å². The highest BCUT2D eigenvalue weighted by Crippen LogP contribution is 2.63. The molecular formula is C70H54O2. The van der Waals surface area contributed by atoms with Gasteiger partial charge in [0, 0.05) is 48.9 Å². The van der Waals surface area contributed by atoms with Gasteiger partial charge in [-0.25, -0.2) is 0 Å². The van der Waals surface area contributed by atoms with Crippen LogP contribution in [-0.2, 0) is 29.1 Å². The minimum Gasteiger partial charge on any atom is -0.455 e. The summed E-state index contributed by atoms with van der Waals surface area (Å²) in [4.78, 5) is 0. The van der Waals surface area contributed by atoms with Crippen molar-refractivity contribution >= 4 is 54.6 Å². The van der Waals surface area contributed by atoms with Crippen molar-refractivity contribution < 1.29 is 8.83 Å². The molecule has 0 saturated carbocycles. The smallest absolute Gasteiger partial charge is 0.144 e. The van der Waals surface area contributed by atoms with E-state index in [-0.39, 0.29) is 22.2 Å². The van der Waals surface area contributed by atoms with Gasteiger partial charge in [-0.1, -0.05) is 211 Å². The highest BCUT2D eigenvalue weighted by molar-refractivity contribution is 6.21. The average Bonchev–Trinajstić information content (AvgIpc) is 4.15. The quantitative estimate of drug-likeness (QED) is 0.166. The maximum absolute atomic E-state index is 7.04. The maximum atomic E-state index is 7.04. The largest absolute Gasteiger partial charge is 0.455 e. The molecular weight excluding hydrogens is 873 g/mol. The fourth-order valence-electron chi connectivity index (χ4n) is 14.3. The van der Waals surface area contributed by atoms with Crippen molar-refractivity contribution in [1.82, 2.24) is 0 Å². The monoisotopic (exact) mass is 926 g/mol. The van der Waals surface area contributed by atoms with Gasteiger partial charge in [0.15, 0.2) is 0 Å². The van der Waals surface area contributed by atoms with Crippen LogP contribution in [0.3, 0.4) is 0 Å². The molecule has 72 heavy (non-hydrogen) atoms. The second-order valence-corrected chi connectivity index (χ2v) is 22.7. The lowest BCUT2D eigenvalue weighted by Gasteiger charge is -2.31. The van der Waals surface area contributed by atoms with Crippen LogP contribution < -0.4 is 0 Å². The highest BCUT2D eigenvalue weighted by Gasteiger charge is 2.48. The summed E-state index contributed by atoms with van der Waals surface area (Å²) in [7, 11) is 0. The van der Waals surface area contributed by atoms with Crippen LogP contribution in [0.5, 0.6) is 0 Å². The molecule has 0 spiro atoms. The molecule has 0 radical (unpaired) electrons. The number of hydrogen-bond acceptors (Lipinski definition) is 2. The van der Waals surface area contributed by atoms with Crippen LogP contribution in [0.1, 0.15) is 97.5 Å². The van der Waals surface area contributed by atoms with E-state index in [1.807, 2.05) is 0 Å². The number of furan rings is 2. The molecule has 2 heterocycles. The lowest BCUT2D eigenvalue weighted by atomic mass is 9.72. The summed E-state index contributed by atoms with van der Waals surface area (Å²) in [6.07, 6.45) is 1.82. The van der Waals surface area contributed by atoms with Crippen molar-refractivity contribution in [2.24, 2.45) is 0 Å². The van der Waals surface area contributed by atoms with Crippen molar-refractivity contribution in [2.45, 2.75) is 76.5 Å². The Labute approximate surface area is 420 Å². The molecule has 0 aliphatic heterocycles. The third-order valence-electron chi connectivity index (χ3n) is 17.6. The van der Waals surface area contributed by atoms with Gasteiger partial charge >= 0.3 is 0 Å². The standard InChI is InChI=1S/C70H54O2/c1-68(2)54-37-40(31-33-48(54)59-56(68)39-52(43-19-8-7-9-20-43)66-61(59)50-25-13-16-29-57(50)71-66)35-44(46-27-18-22-42-21-10-11-23-45(42)46)36-41-32-34-49-55(38-41)70(5,6)65-63(49)67-62(51-26-14-17-30-58(51)72-67)60-47-24-12-15-28-53(47)69(3,4)64(60)65/h7-34,37-39,44H,35-36H2,1-6H3. The topological polar surface area (TPSA) is 26.3 Å². The minimum atomic E-state index is -0.265. The molecule has 15 rings (SSSR count). The van der Waals surface area contributed by atoms with Crippen LogP contribution in [0.15, 0.2) is 197 Å². The third kappa shape index (κ3) is 5.56. The van der Waals surface area contributed by atoms with E-state index < -0.39 is 0 Å². The fraction of sp³-hybridized carbons (Fsp3) is 0.171. The van der Waals surface area contributed by atoms with Gasteiger partial charge in [0.2, 0.25) is 0 Å². The number of para-hydroxylation sites is 2. The van der Waals surface area contributed by atoms with Crippen molar-refractivity contribution in [3.63, 3.8) is 0 Å². The molecule has 0 N–H and O–H groups in total. The number of hydrogen-bond donors (Lipinski definition) is 0. The minimum absolute atomic E-state index is 0.182. The lowest BCUT2D eigenvalue weighted by Crippen LogP contribution is -2.24. The second-order valence-electron chi connectivity index (χ2n) is 22.7. The molecule has 10 aromatic carbocycles. The lowest BCUT2D eigenvalue weighted by molar-refractivity contribution is 0.599. The van der Waals surface area contributed by atoms with Crippen LogP contribution >= 0.6 is 0 Å². The molecule has 0 saturated heterocycles. The van der Waals surface area contributed by atoms with Gasteiger partial charge in [-0.15, -0.1) is 0 Å². The van der Waals surface area contributed by atoms with E-state index in [1.54, 1.807) is 0 Å². The number of rotatable bonds is 6. The van der Waals surface area contributed by atoms with Crippen LogP contribution in [-0.4, -0.2) is 0 Å². The van der Waals surface area contributed by atoms with Crippen LogP contribution in [0.4, 0.5) is 0 Å². The Balaban J connectivity index is 0.872. The molecule has 1 unspecified atom stereocenters. The first kappa shape index (κ1) is 41.8. The average molecular weight is 927 g/mol. The Hall–Kier alpha value is -7.94. The van der Waals surface area contributed by atoms with Crippen LogP contribution in [0.2, 0.25) is 0 Å². The summed E-state index contributed by atoms with van der Waals surface area (Å²) in [5.74, 6) is 0.222. The van der Waals surface area contributed by atoms with Crippen molar-refractivity contribution in [3.05, 3.63) is 238 Å². The summed E-state index contributed by atoms with van der Waals surface area (Å²) in [6.45, 7) is 14.6. The van der Waals surface area contributed by atoms with E-state index in [4.69, 9.17) is 8.83 Å². The molecule has 3 aliphatic carbocycles. The molecule has 2 nitrogen and oxygen atoms in total. The van der Waals surface area contributed by atoms with Crippen molar-refractivity contribution in [1.29, 1.82) is 0 Å². The van der Waals surface area contributed by atoms with Gasteiger partial charge < -0.3 is 8.83 Å². The summed E-state index contributed by atoms with van der Waals surface area (Å²) in [5, 5.41) is 7.45. The summed E-state index contributed by atoms with van der Waals surface area (Å²) in [6, 6.07) is 70.2. The highest BCUT2D eigenvalue weighted by atomic mass is 16.3. The zero-order chi connectivity index (χ0) is 48.4. The van der Waals surface area contributed by atoms with Gasteiger partial charge in [-0.05, 0) is 131 Å². The zero-order valence-corrected chi connectivity index (χ0v) is 41.7. The van der Waals surface area contributed by atoms with Crippen molar-refractivity contribution in [2.75, 3.05) is 0 Å².